The molecule has 0 spiro atoms. The minimum absolute atomic E-state index is 0.0653. The summed E-state index contributed by atoms with van der Waals surface area (Å²) in [6.45, 7) is 1.19. The lowest BCUT2D eigenvalue weighted by atomic mass is 9.98. The Labute approximate surface area is 170 Å². The zero-order valence-corrected chi connectivity index (χ0v) is 16.6. The average Bonchev–Trinajstić information content (AvgIpc) is 2.67. The SMILES string of the molecule is CCOC(=O)/C(=C/[C@@H](C[N+](=O)[O-])c1cccc(Br)c1)OC(=O)c1ccccc1. The van der Waals surface area contributed by atoms with E-state index in [1.165, 1.54) is 18.2 Å². The van der Waals surface area contributed by atoms with E-state index < -0.39 is 29.3 Å². The molecule has 2 aromatic carbocycles. The van der Waals surface area contributed by atoms with Gasteiger partial charge in [0.2, 0.25) is 12.3 Å². The Hall–Kier alpha value is -3.00. The van der Waals surface area contributed by atoms with Gasteiger partial charge >= 0.3 is 11.9 Å². The molecule has 0 aliphatic rings. The predicted molar refractivity (Wildman–Crippen MR) is 105 cm³/mol. The second kappa shape index (κ2) is 10.4. The number of hydrogen-bond donors (Lipinski definition) is 0. The summed E-state index contributed by atoms with van der Waals surface area (Å²) in [5.41, 5.74) is 0.828. The highest BCUT2D eigenvalue weighted by molar-refractivity contribution is 9.10. The van der Waals surface area contributed by atoms with Crippen LogP contribution in [0.5, 0.6) is 0 Å². The van der Waals surface area contributed by atoms with Gasteiger partial charge in [-0.15, -0.1) is 0 Å². The van der Waals surface area contributed by atoms with Crippen molar-refractivity contribution in [3.05, 3.63) is 92.1 Å². The lowest BCUT2D eigenvalue weighted by molar-refractivity contribution is -0.481. The molecule has 8 heteroatoms. The Morgan fingerprint density at radius 2 is 1.89 bits per heavy atom. The monoisotopic (exact) mass is 447 g/mol. The summed E-state index contributed by atoms with van der Waals surface area (Å²) in [7, 11) is 0. The molecule has 0 amide bonds. The molecule has 0 aromatic heterocycles. The molecular weight excluding hydrogens is 430 g/mol. The Morgan fingerprint density at radius 1 is 1.18 bits per heavy atom. The summed E-state index contributed by atoms with van der Waals surface area (Å²) >= 11 is 3.32. The maximum Gasteiger partial charge on any atom is 0.374 e. The van der Waals surface area contributed by atoms with Gasteiger partial charge < -0.3 is 9.47 Å². The molecule has 0 saturated carbocycles. The summed E-state index contributed by atoms with van der Waals surface area (Å²) in [5.74, 6) is -2.80. The first-order valence-electron chi connectivity index (χ1n) is 8.44. The molecule has 0 N–H and O–H groups in total. The van der Waals surface area contributed by atoms with Crippen molar-refractivity contribution in [1.29, 1.82) is 0 Å². The van der Waals surface area contributed by atoms with Crippen molar-refractivity contribution in [2.45, 2.75) is 12.8 Å². The minimum Gasteiger partial charge on any atom is -0.460 e. The highest BCUT2D eigenvalue weighted by atomic mass is 79.9. The van der Waals surface area contributed by atoms with Crippen molar-refractivity contribution in [3.63, 3.8) is 0 Å². The van der Waals surface area contributed by atoms with Gasteiger partial charge in [0.1, 0.15) is 0 Å². The molecular formula is C20H18BrNO6. The van der Waals surface area contributed by atoms with Crippen LogP contribution >= 0.6 is 15.9 Å². The van der Waals surface area contributed by atoms with Crippen molar-refractivity contribution in [2.75, 3.05) is 13.2 Å². The normalized spacial score (nSPS) is 12.1. The Kier molecular flexibility index (Phi) is 7.88. The maximum absolute atomic E-state index is 12.3. The number of rotatable bonds is 8. The quantitative estimate of drug-likeness (QED) is 0.198. The molecule has 1 atom stereocenters. The number of benzene rings is 2. The van der Waals surface area contributed by atoms with Crippen LogP contribution in [0.3, 0.4) is 0 Å². The zero-order valence-electron chi connectivity index (χ0n) is 15.0. The van der Waals surface area contributed by atoms with Gasteiger partial charge in [0.25, 0.3) is 0 Å². The molecule has 0 aliphatic heterocycles. The summed E-state index contributed by atoms with van der Waals surface area (Å²) in [6.07, 6.45) is 1.25. The van der Waals surface area contributed by atoms with E-state index in [9.17, 15) is 19.7 Å². The molecule has 2 aromatic rings. The minimum atomic E-state index is -0.866. The van der Waals surface area contributed by atoms with Gasteiger partial charge in [-0.2, -0.15) is 0 Å². The van der Waals surface area contributed by atoms with Crippen LogP contribution < -0.4 is 0 Å². The molecule has 146 valence electrons. The van der Waals surface area contributed by atoms with E-state index in [0.29, 0.717) is 5.56 Å². The highest BCUT2D eigenvalue weighted by Gasteiger charge is 2.24. The lowest BCUT2D eigenvalue weighted by Gasteiger charge is -2.13. The topological polar surface area (TPSA) is 95.7 Å². The third kappa shape index (κ3) is 6.31. The lowest BCUT2D eigenvalue weighted by Crippen LogP contribution is -2.18. The first-order valence-corrected chi connectivity index (χ1v) is 9.23. The van der Waals surface area contributed by atoms with E-state index in [4.69, 9.17) is 9.47 Å². The van der Waals surface area contributed by atoms with Gasteiger partial charge in [-0.1, -0.05) is 46.3 Å². The molecule has 0 heterocycles. The number of carbonyl (C=O) groups excluding carboxylic acids is 2. The van der Waals surface area contributed by atoms with Gasteiger partial charge in [-0.25, -0.2) is 9.59 Å². The molecule has 0 aliphatic carbocycles. The van der Waals surface area contributed by atoms with Crippen LogP contribution in [0.25, 0.3) is 0 Å². The van der Waals surface area contributed by atoms with E-state index in [0.717, 1.165) is 4.47 Å². The van der Waals surface area contributed by atoms with Gasteiger partial charge in [-0.05, 0) is 42.8 Å². The van der Waals surface area contributed by atoms with Gasteiger partial charge in [0, 0.05) is 9.40 Å². The van der Waals surface area contributed by atoms with E-state index in [2.05, 4.69) is 15.9 Å². The number of carbonyl (C=O) groups is 2. The number of nitrogens with zero attached hydrogens (tertiary/aromatic N) is 1. The van der Waals surface area contributed by atoms with E-state index in [1.54, 1.807) is 49.4 Å². The van der Waals surface area contributed by atoms with Crippen molar-refractivity contribution in [2.24, 2.45) is 0 Å². The van der Waals surface area contributed by atoms with Crippen molar-refractivity contribution < 1.29 is 24.0 Å². The van der Waals surface area contributed by atoms with Crippen LogP contribution in [0.4, 0.5) is 0 Å². The van der Waals surface area contributed by atoms with E-state index in [1.807, 2.05) is 0 Å². The number of hydrogen-bond acceptors (Lipinski definition) is 6. The largest absolute Gasteiger partial charge is 0.460 e. The predicted octanol–water partition coefficient (Wildman–Crippen LogP) is 4.11. The summed E-state index contributed by atoms with van der Waals surface area (Å²) in [4.78, 5) is 35.3. The van der Waals surface area contributed by atoms with Crippen LogP contribution in [-0.2, 0) is 14.3 Å². The molecule has 2 rings (SSSR count). The van der Waals surface area contributed by atoms with Crippen LogP contribution in [0.15, 0.2) is 70.9 Å². The maximum atomic E-state index is 12.3. The first kappa shape index (κ1) is 21.3. The zero-order chi connectivity index (χ0) is 20.5. The van der Waals surface area contributed by atoms with E-state index in [-0.39, 0.29) is 17.9 Å². The summed E-state index contributed by atoms with van der Waals surface area (Å²) < 4.78 is 10.9. The molecule has 0 unspecified atom stereocenters. The smallest absolute Gasteiger partial charge is 0.374 e. The molecule has 0 radical (unpaired) electrons. The summed E-state index contributed by atoms with van der Waals surface area (Å²) in [5, 5.41) is 11.1. The first-order chi connectivity index (χ1) is 13.4. The van der Waals surface area contributed by atoms with Crippen molar-refractivity contribution in [1.82, 2.24) is 0 Å². The van der Waals surface area contributed by atoms with Gasteiger partial charge in [0.15, 0.2) is 0 Å². The number of ether oxygens (including phenoxy) is 2. The fraction of sp³-hybridized carbons (Fsp3) is 0.200. The number of halogens is 1. The molecule has 0 saturated heterocycles. The standard InChI is InChI=1S/C20H18BrNO6/c1-2-27-20(24)18(28-19(23)14-7-4-3-5-8-14)12-16(13-22(25)26)15-9-6-10-17(21)11-15/h3-12,16H,2,13H2,1H3/b18-12-/t16-/m0/s1. The molecule has 28 heavy (non-hydrogen) atoms. The number of nitro groups is 1. The molecule has 7 nitrogen and oxygen atoms in total. The van der Waals surface area contributed by atoms with Gasteiger partial charge in [-0.3, -0.25) is 10.1 Å². The third-order valence-corrected chi connectivity index (χ3v) is 4.16. The number of esters is 2. The van der Waals surface area contributed by atoms with E-state index >= 15 is 0 Å². The summed E-state index contributed by atoms with van der Waals surface area (Å²) in [6, 6.07) is 15.0. The fourth-order valence-corrected chi connectivity index (χ4v) is 2.83. The fourth-order valence-electron chi connectivity index (χ4n) is 2.41. The van der Waals surface area contributed by atoms with Crippen LogP contribution in [0.1, 0.15) is 28.8 Å². The van der Waals surface area contributed by atoms with Crippen LogP contribution in [-0.4, -0.2) is 30.0 Å². The highest BCUT2D eigenvalue weighted by Crippen LogP contribution is 2.24. The second-order valence-corrected chi connectivity index (χ2v) is 6.60. The molecule has 0 bridgehead atoms. The van der Waals surface area contributed by atoms with Crippen molar-refractivity contribution >= 4 is 27.9 Å². The third-order valence-electron chi connectivity index (χ3n) is 3.66. The molecule has 0 fully saturated rings. The van der Waals surface area contributed by atoms with Crippen molar-refractivity contribution in [3.8, 4) is 0 Å². The Morgan fingerprint density at radius 3 is 2.50 bits per heavy atom. The average molecular weight is 448 g/mol. The van der Waals surface area contributed by atoms with Crippen LogP contribution in [0, 0.1) is 10.1 Å². The Balaban J connectivity index is 2.39. The second-order valence-electron chi connectivity index (χ2n) is 5.68. The van der Waals surface area contributed by atoms with Crippen LogP contribution in [0.2, 0.25) is 0 Å². The van der Waals surface area contributed by atoms with Gasteiger partial charge in [0.05, 0.1) is 18.1 Å². The Bertz CT molecular complexity index is 881.